The number of hydrogen-bond acceptors (Lipinski definition) is 0. The molecule has 0 unspecified atom stereocenters. The van der Waals surface area contributed by atoms with Crippen LogP contribution in [0.25, 0.3) is 0 Å². The Morgan fingerprint density at radius 3 is 2.22 bits per heavy atom. The van der Waals surface area contributed by atoms with E-state index in [4.69, 9.17) is 0 Å². The third-order valence-corrected chi connectivity index (χ3v) is 1.97. The van der Waals surface area contributed by atoms with Crippen molar-refractivity contribution in [1.29, 1.82) is 0 Å². The van der Waals surface area contributed by atoms with E-state index >= 15 is 0 Å². The molecule has 1 rings (SSSR count). The van der Waals surface area contributed by atoms with E-state index in [0.717, 1.165) is 32.2 Å². The van der Waals surface area contributed by atoms with Crippen molar-refractivity contribution in [3.8, 4) is 0 Å². The molecule has 0 bridgehead atoms. The van der Waals surface area contributed by atoms with Crippen LogP contribution in [0, 0.1) is 11.6 Å². The van der Waals surface area contributed by atoms with Gasteiger partial charge in [0.2, 0.25) is 0 Å². The molecule has 0 aromatic heterocycles. The van der Waals surface area contributed by atoms with Gasteiger partial charge in [0.1, 0.15) is 0 Å². The minimum absolute atomic E-state index is 0.750. The average Bonchev–Trinajstić information content (AvgIpc) is 1.80. The molecule has 0 N–H and O–H groups in total. The Hall–Kier alpha value is -0.121. The van der Waals surface area contributed by atoms with Crippen LogP contribution in [0.3, 0.4) is 0 Å². The van der Waals surface area contributed by atoms with Gasteiger partial charge in [-0.1, -0.05) is 0 Å². The zero-order chi connectivity index (χ0) is 6.85. The van der Waals surface area contributed by atoms with Crippen LogP contribution < -0.4 is 3.58 Å². The molecular weight excluding hydrogens is 229 g/mol. The van der Waals surface area contributed by atoms with Crippen molar-refractivity contribution >= 4 is 26.1 Å². The van der Waals surface area contributed by atoms with Gasteiger partial charge < -0.3 is 0 Å². The minimum atomic E-state index is -0.770. The summed E-state index contributed by atoms with van der Waals surface area (Å²) in [4.78, 5) is 0. The fraction of sp³-hybridized carbons (Fsp3) is 0. The molecule has 9 heavy (non-hydrogen) atoms. The molecule has 0 aliphatic carbocycles. The first-order valence-electron chi connectivity index (χ1n) is 2.40. The fourth-order valence-electron chi connectivity index (χ4n) is 0.512. The summed E-state index contributed by atoms with van der Waals surface area (Å²) in [5, 5.41) is 0. The van der Waals surface area contributed by atoms with E-state index in [1.165, 1.54) is 6.07 Å². The van der Waals surface area contributed by atoms with Gasteiger partial charge in [0, 0.05) is 0 Å². The molecule has 2 radical (unpaired) electrons. The molecule has 1 aromatic rings. The monoisotopic (exact) mass is 234 g/mol. The molecule has 0 aliphatic rings. The first-order valence-corrected chi connectivity index (χ1v) is 4.05. The second kappa shape index (κ2) is 2.64. The molecule has 0 spiro atoms. The Bertz CT molecular complexity index is 222. The Balaban J connectivity index is 3.17. The van der Waals surface area contributed by atoms with Crippen molar-refractivity contribution in [3.05, 3.63) is 29.8 Å². The molecule has 46 valence electrons. The van der Waals surface area contributed by atoms with Crippen LogP contribution in [0.15, 0.2) is 18.2 Å². The van der Waals surface area contributed by atoms with Crippen LogP contribution >= 0.6 is 0 Å². The average molecular weight is 233 g/mol. The fourth-order valence-corrected chi connectivity index (χ4v) is 1.20. The van der Waals surface area contributed by atoms with E-state index in [9.17, 15) is 8.78 Å². The third kappa shape index (κ3) is 1.64. The van der Waals surface area contributed by atoms with Crippen LogP contribution in [0.1, 0.15) is 0 Å². The molecule has 0 amide bonds. The van der Waals surface area contributed by atoms with Gasteiger partial charge in [-0.15, -0.1) is 0 Å². The number of rotatable bonds is 0. The summed E-state index contributed by atoms with van der Waals surface area (Å²) in [6.07, 6.45) is 0. The van der Waals surface area contributed by atoms with Crippen molar-refractivity contribution in [2.45, 2.75) is 0 Å². The standard InChI is InChI=1S/C6H3F2.Sn.H/c7-5-3-1-2-4-6(5)8;;/h1,3-4H;;. The van der Waals surface area contributed by atoms with Crippen molar-refractivity contribution in [2.24, 2.45) is 0 Å². The van der Waals surface area contributed by atoms with Crippen molar-refractivity contribution in [1.82, 2.24) is 0 Å². The molecular formula is C6H4F2Sn. The van der Waals surface area contributed by atoms with Gasteiger partial charge >= 0.3 is 64.7 Å². The summed E-state index contributed by atoms with van der Waals surface area (Å²) in [5.74, 6) is -1.52. The van der Waals surface area contributed by atoms with Crippen LogP contribution in [-0.2, 0) is 0 Å². The van der Waals surface area contributed by atoms with E-state index < -0.39 is 11.6 Å². The predicted molar refractivity (Wildman–Crippen MR) is 33.1 cm³/mol. The van der Waals surface area contributed by atoms with Crippen molar-refractivity contribution in [3.63, 3.8) is 0 Å². The Morgan fingerprint density at radius 2 is 1.78 bits per heavy atom. The van der Waals surface area contributed by atoms with E-state index in [-0.39, 0.29) is 0 Å². The summed E-state index contributed by atoms with van der Waals surface area (Å²) in [6.45, 7) is 0. The molecule has 0 atom stereocenters. The van der Waals surface area contributed by atoms with Gasteiger partial charge in [-0.3, -0.25) is 0 Å². The second-order valence-corrected chi connectivity index (χ2v) is 3.58. The second-order valence-electron chi connectivity index (χ2n) is 1.67. The van der Waals surface area contributed by atoms with Gasteiger partial charge in [0.05, 0.1) is 0 Å². The van der Waals surface area contributed by atoms with Crippen molar-refractivity contribution in [2.75, 3.05) is 0 Å². The van der Waals surface area contributed by atoms with Crippen molar-refractivity contribution < 1.29 is 8.78 Å². The summed E-state index contributed by atoms with van der Waals surface area (Å²) >= 11 is 0.824. The Morgan fingerprint density at radius 1 is 1.11 bits per heavy atom. The van der Waals surface area contributed by atoms with Gasteiger partial charge in [-0.25, -0.2) is 0 Å². The van der Waals surface area contributed by atoms with Gasteiger partial charge in [0.25, 0.3) is 0 Å². The number of halogens is 2. The predicted octanol–water partition coefficient (Wildman–Crippen LogP) is 0.491. The number of hydrogen-bond donors (Lipinski definition) is 0. The molecule has 0 saturated carbocycles. The molecule has 0 nitrogen and oxygen atoms in total. The SMILES string of the molecule is Fc1cc[c]([SnH])cc1F. The first kappa shape index (κ1) is 6.99. The maximum atomic E-state index is 12.2. The van der Waals surface area contributed by atoms with Crippen LogP contribution in [0.5, 0.6) is 0 Å². The van der Waals surface area contributed by atoms with Gasteiger partial charge in [0.15, 0.2) is 0 Å². The summed E-state index contributed by atoms with van der Waals surface area (Å²) in [7, 11) is 0. The first-order chi connectivity index (χ1) is 4.20. The molecule has 0 heterocycles. The zero-order valence-corrected chi connectivity index (χ0v) is 7.86. The Labute approximate surface area is 65.0 Å². The summed E-state index contributed by atoms with van der Waals surface area (Å²) < 4.78 is 25.2. The van der Waals surface area contributed by atoms with Gasteiger partial charge in [-0.05, 0) is 0 Å². The van der Waals surface area contributed by atoms with E-state index in [1.54, 1.807) is 6.07 Å². The quantitative estimate of drug-likeness (QED) is 0.572. The molecule has 0 aliphatic heterocycles. The van der Waals surface area contributed by atoms with Crippen LogP contribution in [0.4, 0.5) is 8.78 Å². The third-order valence-electron chi connectivity index (χ3n) is 0.944. The van der Waals surface area contributed by atoms with E-state index in [2.05, 4.69) is 0 Å². The zero-order valence-electron chi connectivity index (χ0n) is 4.57. The molecule has 3 heteroatoms. The van der Waals surface area contributed by atoms with Crippen LogP contribution in [-0.4, -0.2) is 22.5 Å². The summed E-state index contributed by atoms with van der Waals surface area (Å²) in [5.41, 5.74) is 0. The topological polar surface area (TPSA) is 0 Å². The van der Waals surface area contributed by atoms with E-state index in [0.29, 0.717) is 0 Å². The molecule has 0 fully saturated rings. The molecule has 1 aromatic carbocycles. The maximum absolute atomic E-state index is 12.2. The molecule has 0 saturated heterocycles. The van der Waals surface area contributed by atoms with E-state index in [1.807, 2.05) is 0 Å². The summed E-state index contributed by atoms with van der Waals surface area (Å²) in [6, 6.07) is 3.95. The van der Waals surface area contributed by atoms with Gasteiger partial charge in [-0.2, -0.15) is 0 Å². The normalized spacial score (nSPS) is 9.67. The number of benzene rings is 1. The Kier molecular flexibility index (Phi) is 2.05. The van der Waals surface area contributed by atoms with Crippen LogP contribution in [0.2, 0.25) is 0 Å².